The molecule has 0 saturated carbocycles. The van der Waals surface area contributed by atoms with Crippen LogP contribution in [0.2, 0.25) is 0 Å². The van der Waals surface area contributed by atoms with E-state index in [4.69, 9.17) is 4.89 Å². The first-order valence-corrected chi connectivity index (χ1v) is 6.35. The predicted octanol–water partition coefficient (Wildman–Crippen LogP) is 1.52. The molecule has 2 rings (SSSR count). The Bertz CT molecular complexity index is 514. The third kappa shape index (κ3) is 2.39. The predicted molar refractivity (Wildman–Crippen MR) is 61.3 cm³/mol. The first kappa shape index (κ1) is 11.1. The summed E-state index contributed by atoms with van der Waals surface area (Å²) in [6.07, 6.45) is 0. The van der Waals surface area contributed by atoms with Crippen LogP contribution < -0.4 is 10.2 Å². The van der Waals surface area contributed by atoms with Crippen LogP contribution in [0.5, 0.6) is 0 Å². The maximum Gasteiger partial charge on any atom is 0.162 e. The van der Waals surface area contributed by atoms with Gasteiger partial charge in [0.1, 0.15) is 0 Å². The van der Waals surface area contributed by atoms with Gasteiger partial charge in [0.05, 0.1) is 0 Å². The zero-order valence-electron chi connectivity index (χ0n) is 8.41. The highest BCUT2D eigenvalue weighted by Gasteiger charge is 2.05. The molecular formula is C12H10O3P-. The van der Waals surface area contributed by atoms with Crippen molar-refractivity contribution in [3.05, 3.63) is 54.6 Å². The Hall–Kier alpha value is -1.41. The van der Waals surface area contributed by atoms with Crippen LogP contribution in [0, 0.1) is 0 Å². The van der Waals surface area contributed by atoms with Gasteiger partial charge >= 0.3 is 0 Å². The SMILES string of the molecule is O=P([O-])(O)c1ccc(-c2ccccc2)cc1. The van der Waals surface area contributed by atoms with E-state index in [-0.39, 0.29) is 5.30 Å². The van der Waals surface area contributed by atoms with E-state index in [1.54, 1.807) is 12.1 Å². The second kappa shape index (κ2) is 4.22. The van der Waals surface area contributed by atoms with E-state index in [9.17, 15) is 9.46 Å². The Labute approximate surface area is 93.5 Å². The topological polar surface area (TPSA) is 60.4 Å². The molecule has 4 heteroatoms. The van der Waals surface area contributed by atoms with Crippen LogP contribution in [0.25, 0.3) is 11.1 Å². The molecule has 0 aliphatic heterocycles. The van der Waals surface area contributed by atoms with E-state index in [1.807, 2.05) is 30.3 Å². The lowest BCUT2D eigenvalue weighted by Crippen LogP contribution is -2.13. The zero-order chi connectivity index (χ0) is 11.6. The quantitative estimate of drug-likeness (QED) is 0.800. The Morgan fingerprint density at radius 1 is 0.875 bits per heavy atom. The minimum Gasteiger partial charge on any atom is -0.775 e. The minimum atomic E-state index is -4.38. The van der Waals surface area contributed by atoms with Gasteiger partial charge in [0, 0.05) is 5.30 Å². The van der Waals surface area contributed by atoms with Crippen molar-refractivity contribution in [2.24, 2.45) is 0 Å². The van der Waals surface area contributed by atoms with Crippen LogP contribution in [0.15, 0.2) is 54.6 Å². The largest absolute Gasteiger partial charge is 0.775 e. The molecule has 0 fully saturated rings. The molecule has 0 aromatic heterocycles. The van der Waals surface area contributed by atoms with Crippen molar-refractivity contribution < 1.29 is 14.4 Å². The molecule has 0 spiro atoms. The highest BCUT2D eigenvalue weighted by atomic mass is 31.2. The van der Waals surface area contributed by atoms with Crippen LogP contribution in [0.4, 0.5) is 0 Å². The van der Waals surface area contributed by atoms with Crippen molar-refractivity contribution in [2.45, 2.75) is 0 Å². The molecule has 0 radical (unpaired) electrons. The third-order valence-corrected chi connectivity index (χ3v) is 3.25. The highest BCUT2D eigenvalue weighted by Crippen LogP contribution is 2.28. The summed E-state index contributed by atoms with van der Waals surface area (Å²) in [5, 5.41) is -0.0628. The summed E-state index contributed by atoms with van der Waals surface area (Å²) < 4.78 is 10.9. The molecule has 2 aromatic carbocycles. The zero-order valence-corrected chi connectivity index (χ0v) is 9.30. The van der Waals surface area contributed by atoms with Crippen molar-refractivity contribution in [3.8, 4) is 11.1 Å². The molecular weight excluding hydrogens is 223 g/mol. The van der Waals surface area contributed by atoms with E-state index in [2.05, 4.69) is 0 Å². The molecule has 0 bridgehead atoms. The maximum atomic E-state index is 10.9. The van der Waals surface area contributed by atoms with Gasteiger partial charge < -0.3 is 14.4 Å². The highest BCUT2D eigenvalue weighted by molar-refractivity contribution is 7.58. The van der Waals surface area contributed by atoms with Gasteiger partial charge in [-0.05, 0) is 23.3 Å². The Kier molecular flexibility index (Phi) is 2.92. The number of rotatable bonds is 2. The van der Waals surface area contributed by atoms with Gasteiger partial charge in [0.15, 0.2) is 7.60 Å². The van der Waals surface area contributed by atoms with Gasteiger partial charge in [-0.1, -0.05) is 42.5 Å². The number of hydrogen-bond acceptors (Lipinski definition) is 2. The van der Waals surface area contributed by atoms with E-state index >= 15 is 0 Å². The first-order chi connectivity index (χ1) is 7.57. The summed E-state index contributed by atoms with van der Waals surface area (Å²) >= 11 is 0. The lowest BCUT2D eigenvalue weighted by atomic mass is 10.1. The summed E-state index contributed by atoms with van der Waals surface area (Å²) in [7, 11) is -4.38. The molecule has 0 amide bonds. The summed E-state index contributed by atoms with van der Waals surface area (Å²) in [6, 6.07) is 15.7. The van der Waals surface area contributed by atoms with Crippen LogP contribution in [0.1, 0.15) is 0 Å². The lowest BCUT2D eigenvalue weighted by Gasteiger charge is -2.15. The standard InChI is InChI=1S/C12H11O3P/c13-16(14,15)12-8-6-11(7-9-12)10-4-2-1-3-5-10/h1-9H,(H2,13,14,15)/p-1. The van der Waals surface area contributed by atoms with Crippen LogP contribution >= 0.6 is 7.60 Å². The molecule has 0 aliphatic rings. The average molecular weight is 233 g/mol. The van der Waals surface area contributed by atoms with Gasteiger partial charge in [0.2, 0.25) is 0 Å². The van der Waals surface area contributed by atoms with Gasteiger partial charge in [-0.3, -0.25) is 0 Å². The van der Waals surface area contributed by atoms with Gasteiger partial charge in [-0.2, -0.15) is 0 Å². The third-order valence-electron chi connectivity index (χ3n) is 2.30. The van der Waals surface area contributed by atoms with Crippen molar-refractivity contribution in [1.29, 1.82) is 0 Å². The van der Waals surface area contributed by atoms with Crippen molar-refractivity contribution in [1.82, 2.24) is 0 Å². The van der Waals surface area contributed by atoms with Gasteiger partial charge in [-0.15, -0.1) is 0 Å². The second-order valence-electron chi connectivity index (χ2n) is 3.43. The fraction of sp³-hybridized carbons (Fsp3) is 0. The Morgan fingerprint density at radius 2 is 1.38 bits per heavy atom. The van der Waals surface area contributed by atoms with E-state index in [0.717, 1.165) is 11.1 Å². The summed E-state index contributed by atoms with van der Waals surface area (Å²) in [4.78, 5) is 19.7. The number of benzene rings is 2. The molecule has 82 valence electrons. The van der Waals surface area contributed by atoms with Crippen molar-refractivity contribution in [2.75, 3.05) is 0 Å². The maximum absolute atomic E-state index is 10.9. The van der Waals surface area contributed by atoms with E-state index in [0.29, 0.717) is 0 Å². The van der Waals surface area contributed by atoms with Crippen LogP contribution in [-0.2, 0) is 4.57 Å². The first-order valence-electron chi connectivity index (χ1n) is 4.77. The smallest absolute Gasteiger partial charge is 0.162 e. The van der Waals surface area contributed by atoms with Crippen molar-refractivity contribution in [3.63, 3.8) is 0 Å². The summed E-state index contributed by atoms with van der Waals surface area (Å²) in [5.41, 5.74) is 1.92. The molecule has 1 unspecified atom stereocenters. The molecule has 1 atom stereocenters. The average Bonchev–Trinajstić information content (AvgIpc) is 2.29. The van der Waals surface area contributed by atoms with E-state index in [1.165, 1.54) is 12.1 Å². The molecule has 0 saturated heterocycles. The lowest BCUT2D eigenvalue weighted by molar-refractivity contribution is -0.188. The summed E-state index contributed by atoms with van der Waals surface area (Å²) in [5.74, 6) is 0. The van der Waals surface area contributed by atoms with Gasteiger partial charge in [-0.25, -0.2) is 0 Å². The normalized spacial score (nSPS) is 14.4. The fourth-order valence-corrected chi connectivity index (χ4v) is 2.00. The van der Waals surface area contributed by atoms with Crippen LogP contribution in [-0.4, -0.2) is 4.89 Å². The fourth-order valence-electron chi connectivity index (χ4n) is 1.47. The Balaban J connectivity index is 2.38. The van der Waals surface area contributed by atoms with Crippen molar-refractivity contribution >= 4 is 12.9 Å². The molecule has 1 N–H and O–H groups in total. The number of hydrogen-bond donors (Lipinski definition) is 1. The second-order valence-corrected chi connectivity index (χ2v) is 4.99. The molecule has 0 aliphatic carbocycles. The van der Waals surface area contributed by atoms with Gasteiger partial charge in [0.25, 0.3) is 0 Å². The molecule has 0 heterocycles. The molecule has 3 nitrogen and oxygen atoms in total. The molecule has 2 aromatic rings. The molecule has 16 heavy (non-hydrogen) atoms. The Morgan fingerprint density at radius 3 is 1.88 bits per heavy atom. The van der Waals surface area contributed by atoms with E-state index < -0.39 is 7.60 Å². The van der Waals surface area contributed by atoms with Crippen LogP contribution in [0.3, 0.4) is 0 Å². The minimum absolute atomic E-state index is 0.0628. The summed E-state index contributed by atoms with van der Waals surface area (Å²) in [6.45, 7) is 0. The monoisotopic (exact) mass is 233 g/mol.